The van der Waals surface area contributed by atoms with E-state index >= 15 is 0 Å². The van der Waals surface area contributed by atoms with Gasteiger partial charge in [-0.05, 0) is 45.9 Å². The Morgan fingerprint density at radius 2 is 1.24 bits per heavy atom. The van der Waals surface area contributed by atoms with Gasteiger partial charge in [-0.25, -0.2) is 9.97 Å². The summed E-state index contributed by atoms with van der Waals surface area (Å²) in [4.78, 5) is 7.54. The van der Waals surface area contributed by atoms with E-state index in [9.17, 15) is 4.57 Å². The molecule has 0 aromatic carbocycles. The number of halogens is 8. The Balaban J connectivity index is 0.000000368. The van der Waals surface area contributed by atoms with Gasteiger partial charge in [0.2, 0.25) is 0 Å². The number of hydrogen-bond acceptors (Lipinski definition) is 4. The molecule has 0 aliphatic carbocycles. The molecule has 0 amide bonds. The topological polar surface area (TPSA) is 63.1 Å². The van der Waals surface area contributed by atoms with Crippen LogP contribution in [0.5, 0.6) is 0 Å². The third-order valence-corrected chi connectivity index (χ3v) is 3.51. The number of hydrogen-bond donors (Lipinski definition) is 1. The molecule has 0 saturated carbocycles. The predicted octanol–water partition coefficient (Wildman–Crippen LogP) is 7.82. The van der Waals surface area contributed by atoms with Crippen LogP contribution in [0.4, 0.5) is 0 Å². The Bertz CT molecular complexity index is 668. The maximum Gasteiger partial charge on any atom is 0.339 e. The van der Waals surface area contributed by atoms with Crippen LogP contribution in [0.2, 0.25) is 20.4 Å². The molecule has 2 heterocycles. The Kier molecular flexibility index (Phi) is 13.5. The van der Waals surface area contributed by atoms with Crippen LogP contribution in [0.15, 0.2) is 24.5 Å². The van der Waals surface area contributed by atoms with Crippen molar-refractivity contribution in [1.82, 2.24) is 9.97 Å². The van der Waals surface area contributed by atoms with Crippen molar-refractivity contribution >= 4 is 96.9 Å². The molecule has 0 aliphatic heterocycles. The van der Waals surface area contributed by atoms with Crippen molar-refractivity contribution in [3.8, 4) is 0 Å². The number of aromatic nitrogens is 2. The highest BCUT2D eigenvalue weighted by Gasteiger charge is 2.03. The first-order valence-corrected chi connectivity index (χ1v) is 12.4. The molecule has 0 atom stereocenters. The summed E-state index contributed by atoms with van der Waals surface area (Å²) < 4.78 is 9.51. The summed E-state index contributed by atoms with van der Waals surface area (Å²) in [6, 6.07) is 3.06. The molecule has 0 unspecified atom stereocenters. The first-order chi connectivity index (χ1) is 11.5. The van der Waals surface area contributed by atoms with E-state index in [0.717, 1.165) is 5.56 Å². The van der Waals surface area contributed by atoms with Crippen molar-refractivity contribution in [1.29, 1.82) is 0 Å². The van der Waals surface area contributed by atoms with Gasteiger partial charge < -0.3 is 5.11 Å². The first-order valence-electron chi connectivity index (χ1n) is 5.93. The van der Waals surface area contributed by atoms with Crippen LogP contribution in [-0.2, 0) is 17.1 Å². The van der Waals surface area contributed by atoms with Gasteiger partial charge >= 0.3 is 5.20 Å². The van der Waals surface area contributed by atoms with Crippen LogP contribution in [0.25, 0.3) is 0 Å². The smallest absolute Gasteiger partial charge is 0.339 e. The van der Waals surface area contributed by atoms with Crippen LogP contribution in [0, 0.1) is 0 Å². The van der Waals surface area contributed by atoms with Gasteiger partial charge in [-0.1, -0.05) is 46.4 Å². The van der Waals surface area contributed by atoms with Crippen LogP contribution in [0.1, 0.15) is 11.1 Å². The zero-order chi connectivity index (χ0) is 19.6. The second-order valence-electron chi connectivity index (χ2n) is 3.89. The van der Waals surface area contributed by atoms with Crippen LogP contribution in [0.3, 0.4) is 0 Å². The SMILES string of the molecule is ClCc1cnc(Cl)cc1Cl.O=P(Cl)(Cl)Cl.OCc1cnc(Cl)cc1Cl. The van der Waals surface area contributed by atoms with E-state index in [1.807, 2.05) is 0 Å². The molecule has 140 valence electrons. The molecular weight excluding hydrogens is 519 g/mol. The summed E-state index contributed by atoms with van der Waals surface area (Å²) in [5.41, 5.74) is 1.39. The zero-order valence-electron chi connectivity index (χ0n) is 11.9. The van der Waals surface area contributed by atoms with Crippen LogP contribution in [-0.4, -0.2) is 15.1 Å². The standard InChI is InChI=1S/C6H4Cl3N.C6H5Cl2NO.Cl3OP/c7-2-4-3-10-6(9)1-5(4)8;7-5-1-6(8)9-2-4(5)3-10;1-5(2,3)4/h1,3H,2H2;1-2,10H,3H2;. The molecule has 1 N–H and O–H groups in total. The first kappa shape index (κ1) is 25.8. The Labute approximate surface area is 184 Å². The molecule has 2 aromatic heterocycles. The summed E-state index contributed by atoms with van der Waals surface area (Å²) in [5, 5.41) is 7.15. The number of alkyl halides is 1. The second-order valence-corrected chi connectivity index (χ2v) is 12.4. The minimum absolute atomic E-state index is 0.108. The average Bonchev–Trinajstić information content (AvgIpc) is 2.46. The Morgan fingerprint density at radius 1 is 0.880 bits per heavy atom. The molecule has 2 rings (SSSR count). The van der Waals surface area contributed by atoms with Crippen LogP contribution >= 0.6 is 96.9 Å². The molecule has 13 heteroatoms. The molecule has 25 heavy (non-hydrogen) atoms. The van der Waals surface area contributed by atoms with Crippen molar-refractivity contribution < 1.29 is 9.67 Å². The van der Waals surface area contributed by atoms with Crippen molar-refractivity contribution in [2.45, 2.75) is 12.5 Å². The highest BCUT2D eigenvalue weighted by molar-refractivity contribution is 8.24. The highest BCUT2D eigenvalue weighted by Crippen LogP contribution is 2.61. The van der Waals surface area contributed by atoms with E-state index in [2.05, 4.69) is 43.7 Å². The quantitative estimate of drug-likeness (QED) is 0.246. The lowest BCUT2D eigenvalue weighted by molar-refractivity contribution is 0.281. The van der Waals surface area contributed by atoms with Crippen molar-refractivity contribution in [2.24, 2.45) is 0 Å². The summed E-state index contributed by atoms with van der Waals surface area (Å²) >= 11 is 41.8. The molecule has 0 radical (unpaired) electrons. The number of pyridine rings is 2. The number of nitrogens with zero attached hydrogens (tertiary/aromatic N) is 2. The maximum atomic E-state index is 9.51. The number of aliphatic hydroxyl groups is 1. The van der Waals surface area contributed by atoms with Crippen molar-refractivity contribution in [2.75, 3.05) is 0 Å². The third-order valence-electron chi connectivity index (χ3n) is 2.11. The van der Waals surface area contributed by atoms with Gasteiger partial charge in [0.15, 0.2) is 0 Å². The predicted molar refractivity (Wildman–Crippen MR) is 109 cm³/mol. The van der Waals surface area contributed by atoms with E-state index in [-0.39, 0.29) is 6.61 Å². The fraction of sp³-hybridized carbons (Fsp3) is 0.167. The van der Waals surface area contributed by atoms with Crippen molar-refractivity contribution in [3.63, 3.8) is 0 Å². The lowest BCUT2D eigenvalue weighted by Crippen LogP contribution is -1.86. The molecule has 0 fully saturated rings. The van der Waals surface area contributed by atoms with Gasteiger partial charge in [-0.3, -0.25) is 4.57 Å². The average molecular weight is 528 g/mol. The van der Waals surface area contributed by atoms with E-state index in [4.69, 9.17) is 63.1 Å². The Hall–Kier alpha value is 0.810. The fourth-order valence-electron chi connectivity index (χ4n) is 1.09. The van der Waals surface area contributed by atoms with Crippen LogP contribution < -0.4 is 0 Å². The summed E-state index contributed by atoms with van der Waals surface area (Å²) in [5.74, 6) is 0.364. The lowest BCUT2D eigenvalue weighted by atomic mass is 10.3. The monoisotopic (exact) mass is 524 g/mol. The van der Waals surface area contributed by atoms with E-state index < -0.39 is 5.20 Å². The van der Waals surface area contributed by atoms with Gasteiger partial charge in [0.05, 0.1) is 17.5 Å². The van der Waals surface area contributed by atoms with Gasteiger partial charge in [-0.2, -0.15) is 0 Å². The van der Waals surface area contributed by atoms with Gasteiger partial charge in [0.1, 0.15) is 10.3 Å². The number of rotatable bonds is 2. The van der Waals surface area contributed by atoms with Gasteiger partial charge in [0, 0.05) is 28.5 Å². The second kappa shape index (κ2) is 13.1. The van der Waals surface area contributed by atoms with Crippen molar-refractivity contribution in [3.05, 3.63) is 56.0 Å². The van der Waals surface area contributed by atoms with E-state index in [1.54, 1.807) is 12.3 Å². The molecule has 0 saturated heterocycles. The maximum absolute atomic E-state index is 9.51. The fourth-order valence-corrected chi connectivity index (χ4v) is 2.23. The molecule has 0 bridgehead atoms. The lowest BCUT2D eigenvalue weighted by Gasteiger charge is -1.97. The minimum Gasteiger partial charge on any atom is -0.392 e. The summed E-state index contributed by atoms with van der Waals surface area (Å²) in [6.45, 7) is -0.108. The van der Waals surface area contributed by atoms with E-state index in [1.165, 1.54) is 12.3 Å². The molecule has 4 nitrogen and oxygen atoms in total. The largest absolute Gasteiger partial charge is 0.392 e. The molecule has 0 spiro atoms. The minimum atomic E-state index is -3.22. The zero-order valence-corrected chi connectivity index (χ0v) is 18.9. The normalized spacial score (nSPS) is 10.3. The van der Waals surface area contributed by atoms with E-state index in [0.29, 0.717) is 31.8 Å². The highest BCUT2D eigenvalue weighted by atomic mass is 36.0. The van der Waals surface area contributed by atoms with Gasteiger partial charge in [-0.15, -0.1) is 11.6 Å². The Morgan fingerprint density at radius 3 is 1.52 bits per heavy atom. The molecular formula is C12H9Cl8N2O2P. The third kappa shape index (κ3) is 13.6. The summed E-state index contributed by atoms with van der Waals surface area (Å²) in [6.07, 6.45) is 3.02. The summed E-state index contributed by atoms with van der Waals surface area (Å²) in [7, 11) is 0. The number of aliphatic hydroxyl groups excluding tert-OH is 1. The molecule has 2 aromatic rings. The van der Waals surface area contributed by atoms with Gasteiger partial charge in [0.25, 0.3) is 0 Å². The molecule has 0 aliphatic rings.